The summed E-state index contributed by atoms with van der Waals surface area (Å²) in [5.74, 6) is 1.31. The number of rotatable bonds is 4. The topological polar surface area (TPSA) is 76.6 Å². The Labute approximate surface area is 165 Å². The van der Waals surface area contributed by atoms with Gasteiger partial charge in [0.1, 0.15) is 18.1 Å². The molecule has 0 bridgehead atoms. The third kappa shape index (κ3) is 2.11. The molecule has 4 heterocycles. The van der Waals surface area contributed by atoms with Gasteiger partial charge in [0.25, 0.3) is 0 Å². The molecule has 28 heavy (non-hydrogen) atoms. The van der Waals surface area contributed by atoms with Gasteiger partial charge in [-0.05, 0) is 41.6 Å². The van der Waals surface area contributed by atoms with E-state index in [1.807, 2.05) is 32.9 Å². The minimum Gasteiger partial charge on any atom is -0.375 e. The van der Waals surface area contributed by atoms with Crippen LogP contribution < -0.4 is 10.1 Å². The molecular weight excluding hydrogens is 380 g/mol. The molecule has 2 aromatic heterocycles. The zero-order chi connectivity index (χ0) is 18.8. The van der Waals surface area contributed by atoms with E-state index in [0.29, 0.717) is 11.2 Å². The van der Waals surface area contributed by atoms with Crippen LogP contribution in [0.5, 0.6) is 0 Å². The maximum atomic E-state index is 6.41. The lowest BCUT2D eigenvalue weighted by molar-refractivity contribution is 0.0770. The molecule has 2 unspecified atom stereocenters. The number of fused-ring (bicyclic) bond motifs is 6. The first kappa shape index (κ1) is 16.1. The molecule has 0 saturated heterocycles. The van der Waals surface area contributed by atoms with E-state index in [9.17, 15) is 0 Å². The van der Waals surface area contributed by atoms with Crippen LogP contribution in [0, 0.1) is 5.92 Å². The number of aromatic nitrogens is 5. The van der Waals surface area contributed by atoms with E-state index in [0.717, 1.165) is 35.6 Å². The predicted molar refractivity (Wildman–Crippen MR) is 103 cm³/mol. The summed E-state index contributed by atoms with van der Waals surface area (Å²) in [5, 5.41) is 12.7. The van der Waals surface area contributed by atoms with Gasteiger partial charge in [0.15, 0.2) is 12.0 Å². The van der Waals surface area contributed by atoms with Crippen molar-refractivity contribution in [3.05, 3.63) is 53.2 Å². The molecule has 1 saturated carbocycles. The Morgan fingerprint density at radius 2 is 2.07 bits per heavy atom. The van der Waals surface area contributed by atoms with Crippen molar-refractivity contribution in [2.24, 2.45) is 10.9 Å². The van der Waals surface area contributed by atoms with Crippen molar-refractivity contribution in [1.82, 2.24) is 24.7 Å². The highest BCUT2D eigenvalue weighted by atomic mass is 35.5. The van der Waals surface area contributed by atoms with Gasteiger partial charge >= 0.3 is 0 Å². The van der Waals surface area contributed by atoms with Crippen molar-refractivity contribution in [2.45, 2.75) is 25.1 Å². The van der Waals surface area contributed by atoms with Crippen molar-refractivity contribution in [1.29, 1.82) is 0 Å². The zero-order valence-electron chi connectivity index (χ0n) is 15.1. The molecule has 3 aromatic rings. The lowest BCUT2D eigenvalue weighted by Gasteiger charge is -2.37. The van der Waals surface area contributed by atoms with E-state index < -0.39 is 0 Å². The van der Waals surface area contributed by atoms with Crippen molar-refractivity contribution in [3.63, 3.8) is 0 Å². The van der Waals surface area contributed by atoms with E-state index in [2.05, 4.69) is 21.4 Å². The Hall–Kier alpha value is -2.91. The van der Waals surface area contributed by atoms with Crippen LogP contribution in [-0.4, -0.2) is 38.1 Å². The monoisotopic (exact) mass is 396 g/mol. The summed E-state index contributed by atoms with van der Waals surface area (Å²) in [6.07, 6.45) is 7.30. The maximum absolute atomic E-state index is 6.41. The maximum Gasteiger partial charge on any atom is 0.209 e. The molecular formula is C18H17ClN8O. The second-order valence-corrected chi connectivity index (χ2v) is 7.46. The van der Waals surface area contributed by atoms with Crippen LogP contribution in [0.2, 0.25) is 5.28 Å². The fraction of sp³-hybridized carbons (Fsp3) is 0.333. The summed E-state index contributed by atoms with van der Waals surface area (Å²) < 4.78 is 7.67. The van der Waals surface area contributed by atoms with Gasteiger partial charge in [-0.2, -0.15) is 5.12 Å². The highest BCUT2D eigenvalue weighted by Crippen LogP contribution is 2.45. The number of ether oxygens (including phenoxy) is 1. The number of hydrogen-bond donors (Lipinski definition) is 0. The summed E-state index contributed by atoms with van der Waals surface area (Å²) in [6, 6.07) is 8.06. The molecule has 9 nitrogen and oxygen atoms in total. The fourth-order valence-electron chi connectivity index (χ4n) is 4.09. The van der Waals surface area contributed by atoms with Crippen molar-refractivity contribution >= 4 is 23.8 Å². The van der Waals surface area contributed by atoms with Crippen molar-refractivity contribution in [2.75, 3.05) is 17.2 Å². The van der Waals surface area contributed by atoms with Gasteiger partial charge < -0.3 is 4.74 Å². The summed E-state index contributed by atoms with van der Waals surface area (Å²) in [5.41, 5.74) is 2.92. The van der Waals surface area contributed by atoms with Crippen LogP contribution in [0.3, 0.4) is 0 Å². The van der Waals surface area contributed by atoms with Crippen molar-refractivity contribution in [3.8, 4) is 5.69 Å². The third-order valence-electron chi connectivity index (χ3n) is 5.50. The first-order valence-corrected chi connectivity index (χ1v) is 9.53. The molecule has 1 aromatic carbocycles. The van der Waals surface area contributed by atoms with E-state index >= 15 is 0 Å². The Morgan fingerprint density at radius 3 is 2.89 bits per heavy atom. The molecule has 0 radical (unpaired) electrons. The van der Waals surface area contributed by atoms with Gasteiger partial charge in [-0.1, -0.05) is 18.2 Å². The average Bonchev–Trinajstić information content (AvgIpc) is 3.11. The van der Waals surface area contributed by atoms with Crippen LogP contribution in [-0.2, 0) is 4.74 Å². The van der Waals surface area contributed by atoms with E-state index in [4.69, 9.17) is 21.3 Å². The molecule has 0 N–H and O–H groups in total. The summed E-state index contributed by atoms with van der Waals surface area (Å²) in [6.45, 7) is 0. The largest absolute Gasteiger partial charge is 0.375 e. The minimum atomic E-state index is -0.226. The summed E-state index contributed by atoms with van der Waals surface area (Å²) in [4.78, 5) is 10.8. The van der Waals surface area contributed by atoms with Gasteiger partial charge in [-0.25, -0.2) is 15.0 Å². The molecule has 0 amide bonds. The number of hydrogen-bond acceptors (Lipinski definition) is 7. The fourth-order valence-corrected chi connectivity index (χ4v) is 4.31. The quantitative estimate of drug-likeness (QED) is 0.674. The van der Waals surface area contributed by atoms with Crippen LogP contribution >= 0.6 is 11.6 Å². The minimum absolute atomic E-state index is 0.0481. The number of nitrogens with zero attached hydrogens (tertiary/aromatic N) is 8. The second-order valence-electron chi connectivity index (χ2n) is 7.12. The Balaban J connectivity index is 1.48. The van der Waals surface area contributed by atoms with E-state index in [1.54, 1.807) is 30.6 Å². The predicted octanol–water partition coefficient (Wildman–Crippen LogP) is 2.63. The first-order valence-electron chi connectivity index (χ1n) is 9.16. The molecule has 142 valence electrons. The van der Waals surface area contributed by atoms with E-state index in [-0.39, 0.29) is 12.3 Å². The molecule has 1 fully saturated rings. The number of anilines is 1. The molecule has 6 rings (SSSR count). The number of hydrazine groups is 1. The third-order valence-corrected chi connectivity index (χ3v) is 5.77. The number of halogens is 1. The number of imidazole rings is 1. The molecule has 2 aliphatic heterocycles. The van der Waals surface area contributed by atoms with Gasteiger partial charge in [-0.3, -0.25) is 4.57 Å². The zero-order valence-corrected chi connectivity index (χ0v) is 15.8. The highest BCUT2D eigenvalue weighted by Gasteiger charge is 2.42. The second kappa shape index (κ2) is 5.79. The number of methoxy groups -OCH3 is 1. The lowest BCUT2D eigenvalue weighted by Crippen LogP contribution is -2.50. The lowest BCUT2D eigenvalue weighted by atomic mass is 10.1. The molecule has 3 aliphatic rings. The highest BCUT2D eigenvalue weighted by molar-refractivity contribution is 6.29. The standard InChI is InChI=1S/C18H17ClN8O/c1-28-16(11-6-7-11)14-8-22-23-27(14)24-10-21-17-12-4-2-3-5-13(12)25-15(26(17)24)9-20-18(25)19/h2-5,8-11,16-17H,6-7H2,1H3. The summed E-state index contributed by atoms with van der Waals surface area (Å²) >= 11 is 6.41. The smallest absolute Gasteiger partial charge is 0.209 e. The van der Waals surface area contributed by atoms with Gasteiger partial charge in [0, 0.05) is 12.7 Å². The molecule has 0 spiro atoms. The first-order chi connectivity index (χ1) is 13.8. The number of para-hydroxylation sites is 1. The number of aliphatic imine (C=N–C) groups is 1. The SMILES string of the molecule is COC(c1cnnn1N1C=NC2c3ccccc3-n3c(cnc3Cl)N21)C1CC1. The Morgan fingerprint density at radius 1 is 1.21 bits per heavy atom. The van der Waals surface area contributed by atoms with Crippen LogP contribution in [0.15, 0.2) is 41.7 Å². The molecule has 2 atom stereocenters. The Kier molecular flexibility index (Phi) is 3.33. The average molecular weight is 397 g/mol. The van der Waals surface area contributed by atoms with Crippen LogP contribution in [0.1, 0.15) is 36.4 Å². The van der Waals surface area contributed by atoms with Crippen molar-refractivity contribution < 1.29 is 4.74 Å². The van der Waals surface area contributed by atoms with Gasteiger partial charge in [0.2, 0.25) is 5.28 Å². The van der Waals surface area contributed by atoms with Crippen LogP contribution in [0.25, 0.3) is 5.69 Å². The van der Waals surface area contributed by atoms with Crippen LogP contribution in [0.4, 0.5) is 5.82 Å². The molecule has 1 aliphatic carbocycles. The van der Waals surface area contributed by atoms with Gasteiger partial charge in [0.05, 0.1) is 18.1 Å². The summed E-state index contributed by atoms with van der Waals surface area (Å²) in [7, 11) is 1.73. The van der Waals surface area contributed by atoms with E-state index in [1.165, 1.54) is 0 Å². The Bertz CT molecular complexity index is 1090. The number of benzene rings is 1. The van der Waals surface area contributed by atoms with Gasteiger partial charge in [-0.15, -0.1) is 9.89 Å². The molecule has 10 heteroatoms. The normalized spacial score (nSPS) is 20.9.